The van der Waals surface area contributed by atoms with Gasteiger partial charge < -0.3 is 0 Å². The maximum atomic E-state index is 11.8. The van der Waals surface area contributed by atoms with Gasteiger partial charge >= 0.3 is 92.8 Å². The number of ether oxygens (including phenoxy) is 1. The maximum absolute atomic E-state index is 11.8. The van der Waals surface area contributed by atoms with Crippen LogP contribution in [0.25, 0.3) is 0 Å². The zero-order valence-electron chi connectivity index (χ0n) is 8.13. The Kier molecular flexibility index (Phi) is 4.69. The van der Waals surface area contributed by atoms with E-state index in [-0.39, 0.29) is 4.85 Å². The average Bonchev–Trinajstić information content (AvgIpc) is 2.17. The normalized spacial score (nSPS) is 28.5. The molecule has 0 N–H and O–H groups in total. The van der Waals surface area contributed by atoms with Gasteiger partial charge in [-0.3, -0.25) is 0 Å². The molecule has 1 rings (SSSR count). The van der Waals surface area contributed by atoms with Crippen molar-refractivity contribution in [3.63, 3.8) is 0 Å². The summed E-state index contributed by atoms with van der Waals surface area (Å²) in [4.78, 5) is -0.364. The molecule has 0 bridgehead atoms. The van der Waals surface area contributed by atoms with Gasteiger partial charge in [-0.15, -0.1) is 0 Å². The van der Waals surface area contributed by atoms with Gasteiger partial charge in [0.05, 0.1) is 0 Å². The Bertz CT molecular complexity index is 214. The second-order valence-electron chi connectivity index (χ2n) is 3.78. The van der Waals surface area contributed by atoms with Gasteiger partial charge in [-0.2, -0.15) is 0 Å². The Hall–Kier alpha value is 0.877. The van der Waals surface area contributed by atoms with Crippen LogP contribution in [-0.4, -0.2) is 26.1 Å². The topological polar surface area (TPSA) is 43.4 Å². The molecule has 1 aliphatic heterocycles. The Morgan fingerprint density at radius 3 is 2.54 bits per heavy atom. The summed E-state index contributed by atoms with van der Waals surface area (Å²) in [5.41, 5.74) is 0. The van der Waals surface area contributed by atoms with Gasteiger partial charge in [0.1, 0.15) is 0 Å². The Labute approximate surface area is 92.5 Å². The second-order valence-corrected chi connectivity index (χ2v) is 14.2. The molecule has 0 amide bonds. The zero-order chi connectivity index (χ0) is 9.90. The molecule has 1 aliphatic rings. The Balaban J connectivity index is 2.85. The van der Waals surface area contributed by atoms with E-state index in [0.29, 0.717) is 0 Å². The monoisotopic (exact) mass is 293 g/mol. The van der Waals surface area contributed by atoms with E-state index in [1.807, 2.05) is 0 Å². The van der Waals surface area contributed by atoms with Crippen LogP contribution in [0.3, 0.4) is 0 Å². The first-order valence-corrected chi connectivity index (χ1v) is 13.7. The van der Waals surface area contributed by atoms with Gasteiger partial charge in [0.25, 0.3) is 0 Å². The quantitative estimate of drug-likeness (QED) is 0.725. The molecule has 73 valence electrons. The molecule has 1 saturated heterocycles. The van der Waals surface area contributed by atoms with E-state index in [4.69, 9.17) is 4.74 Å². The van der Waals surface area contributed by atoms with Crippen LogP contribution in [-0.2, 0) is 34.4 Å². The predicted molar refractivity (Wildman–Crippen MR) is 48.5 cm³/mol. The van der Waals surface area contributed by atoms with Crippen LogP contribution in [0.4, 0.5) is 0 Å². The van der Waals surface area contributed by atoms with Crippen molar-refractivity contribution in [1.82, 2.24) is 0 Å². The SMILES string of the molecule is C[SiH](C)C1([Si](=O)[Zr]=[O])CCCCO1. The van der Waals surface area contributed by atoms with E-state index < -0.39 is 37.0 Å². The summed E-state index contributed by atoms with van der Waals surface area (Å²) in [6.07, 6.45) is 3.07. The van der Waals surface area contributed by atoms with Crippen molar-refractivity contribution in [1.29, 1.82) is 0 Å². The molecular formula is C7H15O3Si2Zr. The molecule has 0 spiro atoms. The van der Waals surface area contributed by atoms with E-state index in [9.17, 15) is 7.27 Å². The summed E-state index contributed by atoms with van der Waals surface area (Å²) in [6.45, 7) is 5.03. The van der Waals surface area contributed by atoms with Crippen molar-refractivity contribution in [2.45, 2.75) is 37.2 Å². The molecule has 3 nitrogen and oxygen atoms in total. The van der Waals surface area contributed by atoms with Gasteiger partial charge in [0, 0.05) is 0 Å². The molecule has 0 saturated carbocycles. The Morgan fingerprint density at radius 1 is 1.46 bits per heavy atom. The molecule has 1 fully saturated rings. The molecule has 13 heavy (non-hydrogen) atoms. The van der Waals surface area contributed by atoms with Crippen molar-refractivity contribution in [2.75, 3.05) is 6.61 Å². The summed E-state index contributed by atoms with van der Waals surface area (Å²) in [5, 5.41) is 0. The molecule has 0 radical (unpaired) electrons. The van der Waals surface area contributed by atoms with Crippen LogP contribution in [0.2, 0.25) is 13.1 Å². The third-order valence-corrected chi connectivity index (χ3v) is 15.5. The number of hydrogen-bond acceptors (Lipinski definition) is 3. The molecular weight excluding hydrogens is 279 g/mol. The molecule has 1 heterocycles. The van der Waals surface area contributed by atoms with E-state index in [0.717, 1.165) is 25.9 Å². The van der Waals surface area contributed by atoms with E-state index in [2.05, 4.69) is 13.1 Å². The standard InChI is InChI=1S/C7H15O2Si2.O.Zr/c1-11(2)7(10-8)5-3-4-6-9-7;;/h11H,3-6H2,1-2H3;;. The molecule has 1 unspecified atom stereocenters. The third kappa shape index (κ3) is 2.46. The second kappa shape index (κ2) is 5.10. The van der Waals surface area contributed by atoms with Gasteiger partial charge in [-0.25, -0.2) is 0 Å². The minimum atomic E-state index is -1.88. The van der Waals surface area contributed by atoms with Crippen molar-refractivity contribution >= 4 is 14.6 Å². The van der Waals surface area contributed by atoms with Gasteiger partial charge in [-0.05, 0) is 0 Å². The van der Waals surface area contributed by atoms with E-state index in [1.165, 1.54) is 0 Å². The summed E-state index contributed by atoms with van der Waals surface area (Å²) in [7, 11) is -1.11. The van der Waals surface area contributed by atoms with Crippen molar-refractivity contribution in [2.24, 2.45) is 0 Å². The molecule has 1 atom stereocenters. The predicted octanol–water partition coefficient (Wildman–Crippen LogP) is 0.837. The summed E-state index contributed by atoms with van der Waals surface area (Å²) in [6, 6.07) is 0. The van der Waals surface area contributed by atoms with Gasteiger partial charge in [0.2, 0.25) is 0 Å². The first-order chi connectivity index (χ1) is 6.13. The van der Waals surface area contributed by atoms with E-state index in [1.54, 1.807) is 0 Å². The molecule has 0 aliphatic carbocycles. The van der Waals surface area contributed by atoms with Crippen molar-refractivity contribution in [3.05, 3.63) is 0 Å². The fourth-order valence-corrected chi connectivity index (χ4v) is 16.1. The van der Waals surface area contributed by atoms with E-state index >= 15 is 0 Å². The van der Waals surface area contributed by atoms with Gasteiger partial charge in [0.15, 0.2) is 0 Å². The van der Waals surface area contributed by atoms with Crippen LogP contribution >= 0.6 is 0 Å². The Morgan fingerprint density at radius 2 is 2.15 bits per heavy atom. The first-order valence-electron chi connectivity index (χ1n) is 4.70. The molecule has 6 heteroatoms. The third-order valence-electron chi connectivity index (χ3n) is 2.71. The summed E-state index contributed by atoms with van der Waals surface area (Å²) in [5.74, 6) is -1.88. The van der Waals surface area contributed by atoms with Crippen LogP contribution in [0.5, 0.6) is 0 Å². The van der Waals surface area contributed by atoms with Gasteiger partial charge in [-0.1, -0.05) is 0 Å². The van der Waals surface area contributed by atoms with Crippen molar-refractivity contribution < 1.29 is 34.4 Å². The summed E-state index contributed by atoms with van der Waals surface area (Å²) >= 11 is -1.86. The van der Waals surface area contributed by atoms with Crippen molar-refractivity contribution in [3.8, 4) is 0 Å². The molecule has 0 aromatic carbocycles. The summed E-state index contributed by atoms with van der Waals surface area (Å²) < 4.78 is 28.4. The number of rotatable bonds is 3. The van der Waals surface area contributed by atoms with Crippen LogP contribution < -0.4 is 0 Å². The molecule has 0 aromatic heterocycles. The zero-order valence-corrected chi connectivity index (χ0v) is 12.7. The van der Waals surface area contributed by atoms with Crippen LogP contribution in [0.1, 0.15) is 19.3 Å². The number of hydrogen-bond donors (Lipinski definition) is 0. The molecule has 0 aromatic rings. The average molecular weight is 295 g/mol. The van der Waals surface area contributed by atoms with Crippen LogP contribution in [0, 0.1) is 0 Å². The first kappa shape index (κ1) is 11.9. The van der Waals surface area contributed by atoms with Crippen LogP contribution in [0.15, 0.2) is 0 Å². The fourth-order valence-electron chi connectivity index (χ4n) is 1.80. The fraction of sp³-hybridized carbons (Fsp3) is 1.00. The minimum absolute atomic E-state index is 0.364.